The highest BCUT2D eigenvalue weighted by Crippen LogP contribution is 2.22. The Hall–Kier alpha value is -3.04. The van der Waals surface area contributed by atoms with Gasteiger partial charge in [0.2, 0.25) is 15.9 Å². The number of sulfonamides is 1. The van der Waals surface area contributed by atoms with Crippen molar-refractivity contribution in [3.63, 3.8) is 0 Å². The molecule has 9 heteroatoms. The molecule has 1 saturated heterocycles. The van der Waals surface area contributed by atoms with Gasteiger partial charge in [0.1, 0.15) is 0 Å². The fourth-order valence-electron chi connectivity index (χ4n) is 3.11. The third kappa shape index (κ3) is 5.07. The molecule has 0 unspecified atom stereocenters. The van der Waals surface area contributed by atoms with E-state index in [2.05, 4.69) is 5.32 Å². The molecule has 1 heterocycles. The molecule has 0 atom stereocenters. The van der Waals surface area contributed by atoms with Gasteiger partial charge in [0.05, 0.1) is 15.4 Å². The summed E-state index contributed by atoms with van der Waals surface area (Å²) < 4.78 is 26.8. The van der Waals surface area contributed by atoms with E-state index >= 15 is 0 Å². The van der Waals surface area contributed by atoms with Crippen molar-refractivity contribution in [1.29, 1.82) is 0 Å². The Morgan fingerprint density at radius 1 is 1.03 bits per heavy atom. The van der Waals surface area contributed by atoms with Gasteiger partial charge >= 0.3 is 0 Å². The molecule has 2 aromatic rings. The molecule has 2 aromatic carbocycles. The Labute approximate surface area is 169 Å². The van der Waals surface area contributed by atoms with Gasteiger partial charge in [0, 0.05) is 30.9 Å². The number of nitrogens with one attached hydrogen (secondary N) is 1. The highest BCUT2D eigenvalue weighted by atomic mass is 32.2. The molecule has 1 aliphatic heterocycles. The third-order valence-corrected chi connectivity index (χ3v) is 6.54. The second kappa shape index (κ2) is 8.97. The molecule has 152 valence electrons. The van der Waals surface area contributed by atoms with Gasteiger partial charge in [-0.05, 0) is 49.2 Å². The van der Waals surface area contributed by atoms with Crippen LogP contribution in [0.15, 0.2) is 59.5 Å². The predicted molar refractivity (Wildman–Crippen MR) is 110 cm³/mol. The number of amides is 1. The van der Waals surface area contributed by atoms with Crippen molar-refractivity contribution in [2.45, 2.75) is 24.2 Å². The first-order valence-electron chi connectivity index (χ1n) is 9.20. The summed E-state index contributed by atoms with van der Waals surface area (Å²) in [5, 5.41) is 13.6. The Bertz CT molecular complexity index is 1030. The standard InChI is InChI=1S/C20H21N3O5S/c24-20(13-8-16-6-2-3-7-19(16)23(25)26)21-17-9-11-18(12-10-17)29(27,28)22-14-4-1-5-15-22/h2-3,6-13H,1,4-5,14-15H2,(H,21,24). The molecular formula is C20H21N3O5S. The van der Waals surface area contributed by atoms with Crippen LogP contribution in [0.3, 0.4) is 0 Å². The van der Waals surface area contributed by atoms with Crippen molar-refractivity contribution in [3.8, 4) is 0 Å². The summed E-state index contributed by atoms with van der Waals surface area (Å²) in [6, 6.07) is 12.1. The number of rotatable bonds is 6. The molecule has 1 aliphatic rings. The van der Waals surface area contributed by atoms with E-state index in [1.54, 1.807) is 18.2 Å². The van der Waals surface area contributed by atoms with Gasteiger partial charge in [-0.3, -0.25) is 14.9 Å². The maximum absolute atomic E-state index is 12.6. The summed E-state index contributed by atoms with van der Waals surface area (Å²) in [5.41, 5.74) is 0.652. The number of piperidine rings is 1. The van der Waals surface area contributed by atoms with Gasteiger partial charge < -0.3 is 5.32 Å². The molecule has 8 nitrogen and oxygen atoms in total. The van der Waals surface area contributed by atoms with Crippen molar-refractivity contribution in [1.82, 2.24) is 4.31 Å². The number of benzene rings is 2. The Morgan fingerprint density at radius 2 is 1.69 bits per heavy atom. The Kier molecular flexibility index (Phi) is 6.40. The molecule has 1 N–H and O–H groups in total. The van der Waals surface area contributed by atoms with Crippen LogP contribution in [0.1, 0.15) is 24.8 Å². The first-order valence-corrected chi connectivity index (χ1v) is 10.6. The number of nitro benzene ring substituents is 1. The maximum Gasteiger partial charge on any atom is 0.276 e. The minimum atomic E-state index is -3.52. The van der Waals surface area contributed by atoms with Crippen LogP contribution >= 0.6 is 0 Å². The summed E-state index contributed by atoms with van der Waals surface area (Å²) in [6.07, 6.45) is 5.32. The molecule has 0 saturated carbocycles. The van der Waals surface area contributed by atoms with Crippen LogP contribution in [0.5, 0.6) is 0 Å². The van der Waals surface area contributed by atoms with E-state index < -0.39 is 20.9 Å². The van der Waals surface area contributed by atoms with Crippen LogP contribution in [-0.2, 0) is 14.8 Å². The lowest BCUT2D eigenvalue weighted by atomic mass is 10.1. The average molecular weight is 415 g/mol. The van der Waals surface area contributed by atoms with E-state index in [9.17, 15) is 23.3 Å². The van der Waals surface area contributed by atoms with E-state index in [4.69, 9.17) is 0 Å². The number of anilines is 1. The summed E-state index contributed by atoms with van der Waals surface area (Å²) in [4.78, 5) is 22.8. The van der Waals surface area contributed by atoms with Crippen LogP contribution < -0.4 is 5.32 Å². The number of hydrogen-bond donors (Lipinski definition) is 1. The molecule has 0 radical (unpaired) electrons. The van der Waals surface area contributed by atoms with E-state index in [-0.39, 0.29) is 10.6 Å². The Balaban J connectivity index is 1.67. The van der Waals surface area contributed by atoms with Crippen LogP contribution in [0.25, 0.3) is 6.08 Å². The molecule has 0 spiro atoms. The molecule has 3 rings (SSSR count). The molecule has 29 heavy (non-hydrogen) atoms. The largest absolute Gasteiger partial charge is 0.323 e. The van der Waals surface area contributed by atoms with E-state index in [0.29, 0.717) is 24.3 Å². The average Bonchev–Trinajstić information content (AvgIpc) is 2.73. The molecule has 1 amide bonds. The SMILES string of the molecule is O=C(C=Cc1ccccc1[N+](=O)[O-])Nc1ccc(S(=O)(=O)N2CCCCC2)cc1. The topological polar surface area (TPSA) is 110 Å². The third-order valence-electron chi connectivity index (χ3n) is 4.62. The van der Waals surface area contributed by atoms with Crippen LogP contribution in [0.2, 0.25) is 0 Å². The van der Waals surface area contributed by atoms with Crippen molar-refractivity contribution >= 4 is 33.4 Å². The lowest BCUT2D eigenvalue weighted by molar-refractivity contribution is -0.385. The van der Waals surface area contributed by atoms with Gasteiger partial charge in [-0.15, -0.1) is 0 Å². The van der Waals surface area contributed by atoms with Gasteiger partial charge in [-0.1, -0.05) is 18.6 Å². The van der Waals surface area contributed by atoms with E-state index in [1.165, 1.54) is 46.8 Å². The Morgan fingerprint density at radius 3 is 2.34 bits per heavy atom. The molecule has 1 fully saturated rings. The number of nitro groups is 1. The van der Waals surface area contributed by atoms with Gasteiger partial charge in [0.15, 0.2) is 0 Å². The quantitative estimate of drug-likeness (QED) is 0.442. The van der Waals surface area contributed by atoms with E-state index in [0.717, 1.165) is 19.3 Å². The monoisotopic (exact) mass is 415 g/mol. The zero-order valence-electron chi connectivity index (χ0n) is 15.7. The number of para-hydroxylation sites is 1. The zero-order chi connectivity index (χ0) is 20.9. The van der Waals surface area contributed by atoms with Gasteiger partial charge in [0.25, 0.3) is 5.69 Å². The lowest BCUT2D eigenvalue weighted by Gasteiger charge is -2.25. The minimum absolute atomic E-state index is 0.0937. The van der Waals surface area contributed by atoms with Crippen LogP contribution in [0.4, 0.5) is 11.4 Å². The molecule has 0 aliphatic carbocycles. The predicted octanol–water partition coefficient (Wildman–Crippen LogP) is 3.42. The first kappa shape index (κ1) is 20.7. The van der Waals surface area contributed by atoms with Crippen LogP contribution in [-0.4, -0.2) is 36.6 Å². The number of nitrogens with zero attached hydrogens (tertiary/aromatic N) is 2. The highest BCUT2D eigenvalue weighted by Gasteiger charge is 2.25. The molecule has 0 bridgehead atoms. The fraction of sp³-hybridized carbons (Fsp3) is 0.250. The normalized spacial score (nSPS) is 15.3. The number of hydrogen-bond acceptors (Lipinski definition) is 5. The fourth-order valence-corrected chi connectivity index (χ4v) is 4.63. The highest BCUT2D eigenvalue weighted by molar-refractivity contribution is 7.89. The van der Waals surface area contributed by atoms with Crippen molar-refractivity contribution in [3.05, 3.63) is 70.3 Å². The van der Waals surface area contributed by atoms with E-state index in [1.807, 2.05) is 0 Å². The maximum atomic E-state index is 12.6. The van der Waals surface area contributed by atoms with Crippen molar-refractivity contribution < 1.29 is 18.1 Å². The summed E-state index contributed by atoms with van der Waals surface area (Å²) in [5.74, 6) is -0.477. The molecular weight excluding hydrogens is 394 g/mol. The zero-order valence-corrected chi connectivity index (χ0v) is 16.5. The van der Waals surface area contributed by atoms with Gasteiger partial charge in [-0.25, -0.2) is 8.42 Å². The number of carbonyl (C=O) groups is 1. The van der Waals surface area contributed by atoms with Crippen molar-refractivity contribution in [2.75, 3.05) is 18.4 Å². The van der Waals surface area contributed by atoms with Crippen molar-refractivity contribution in [2.24, 2.45) is 0 Å². The summed E-state index contributed by atoms with van der Waals surface area (Å²) in [7, 11) is -3.52. The first-order chi connectivity index (χ1) is 13.9. The van der Waals surface area contributed by atoms with Gasteiger partial charge in [-0.2, -0.15) is 4.31 Å². The smallest absolute Gasteiger partial charge is 0.276 e. The molecule has 0 aromatic heterocycles. The lowest BCUT2D eigenvalue weighted by Crippen LogP contribution is -2.35. The summed E-state index contributed by atoms with van der Waals surface area (Å²) in [6.45, 7) is 1.05. The van der Waals surface area contributed by atoms with Crippen LogP contribution in [0, 0.1) is 10.1 Å². The minimum Gasteiger partial charge on any atom is -0.323 e. The number of carbonyl (C=O) groups excluding carboxylic acids is 1. The second-order valence-electron chi connectivity index (χ2n) is 6.63. The summed E-state index contributed by atoms with van der Waals surface area (Å²) >= 11 is 0. The second-order valence-corrected chi connectivity index (χ2v) is 8.57.